The third-order valence-electron chi connectivity index (χ3n) is 6.76. The van der Waals surface area contributed by atoms with Crippen molar-refractivity contribution in [3.8, 4) is 0 Å². The van der Waals surface area contributed by atoms with Crippen LogP contribution in [0.4, 0.5) is 14.4 Å². The monoisotopic (exact) mass is 507 g/mol. The van der Waals surface area contributed by atoms with Gasteiger partial charge in [-0.3, -0.25) is 4.79 Å². The van der Waals surface area contributed by atoms with Crippen LogP contribution in [0.3, 0.4) is 0 Å². The number of carbonyl (C=O) groups excluding carboxylic acids is 4. The van der Waals surface area contributed by atoms with Gasteiger partial charge >= 0.3 is 18.2 Å². The first-order valence-corrected chi connectivity index (χ1v) is 12.2. The molecule has 0 radical (unpaired) electrons. The molecule has 1 aromatic rings. The van der Waals surface area contributed by atoms with Gasteiger partial charge in [0.2, 0.25) is 0 Å². The fourth-order valence-electron chi connectivity index (χ4n) is 4.67. The molecule has 0 bridgehead atoms. The van der Waals surface area contributed by atoms with Crippen LogP contribution in [0.5, 0.6) is 0 Å². The molecule has 11 nitrogen and oxygen atoms in total. The zero-order chi connectivity index (χ0) is 24.9. The minimum atomic E-state index is -0.900. The summed E-state index contributed by atoms with van der Waals surface area (Å²) in [5, 5.41) is 12.6. The Morgan fingerprint density at radius 2 is 1.77 bits per heavy atom. The van der Waals surface area contributed by atoms with Gasteiger partial charge in [-0.1, -0.05) is 28.8 Å². The number of hydroxylamine groups is 2. The molecule has 3 fully saturated rings. The summed E-state index contributed by atoms with van der Waals surface area (Å²) in [6.07, 6.45) is 2.86. The fourth-order valence-corrected chi connectivity index (χ4v) is 4.80. The highest BCUT2D eigenvalue weighted by atomic mass is 35.5. The van der Waals surface area contributed by atoms with E-state index in [2.05, 4.69) is 5.32 Å². The number of imide groups is 1. The Bertz CT molecular complexity index is 952. The molecule has 0 aromatic heterocycles. The van der Waals surface area contributed by atoms with E-state index >= 15 is 0 Å². The Kier molecular flexibility index (Phi) is 7.97. The Hall–Kier alpha value is -3.05. The minimum Gasteiger partial charge on any atom is -0.395 e. The van der Waals surface area contributed by atoms with Crippen molar-refractivity contribution in [2.24, 2.45) is 5.92 Å². The van der Waals surface area contributed by atoms with Gasteiger partial charge in [0, 0.05) is 37.7 Å². The number of piperazine rings is 1. The summed E-state index contributed by atoms with van der Waals surface area (Å²) in [5.74, 6) is -0.192. The van der Waals surface area contributed by atoms with Gasteiger partial charge in [-0.25, -0.2) is 14.4 Å². The number of aliphatic hydroxyl groups is 1. The minimum absolute atomic E-state index is 0.00506. The maximum absolute atomic E-state index is 12.8. The van der Waals surface area contributed by atoms with Crippen LogP contribution in [0.1, 0.15) is 24.8 Å². The fraction of sp³-hybridized carbons (Fsp3) is 0.565. The number of piperidine rings is 1. The number of fused-ring (bicyclic) bond motifs is 1. The Balaban J connectivity index is 1.24. The highest BCUT2D eigenvalue weighted by Gasteiger charge is 2.51. The topological polar surface area (TPSA) is 123 Å². The molecule has 35 heavy (non-hydrogen) atoms. The van der Waals surface area contributed by atoms with Gasteiger partial charge in [-0.2, -0.15) is 0 Å². The van der Waals surface area contributed by atoms with Crippen molar-refractivity contribution < 1.29 is 29.1 Å². The molecule has 4 rings (SSSR count). The molecular formula is C23H30ClN5O6. The summed E-state index contributed by atoms with van der Waals surface area (Å²) in [4.78, 5) is 59.8. The van der Waals surface area contributed by atoms with Crippen molar-refractivity contribution in [1.82, 2.24) is 25.1 Å². The van der Waals surface area contributed by atoms with Crippen LogP contribution >= 0.6 is 11.6 Å². The van der Waals surface area contributed by atoms with E-state index in [1.807, 2.05) is 24.3 Å². The smallest absolute Gasteiger partial charge is 0.395 e. The van der Waals surface area contributed by atoms with E-state index in [-0.39, 0.29) is 32.8 Å². The second-order valence-electron chi connectivity index (χ2n) is 8.98. The number of hydrogen-bond acceptors (Lipinski definition) is 6. The van der Waals surface area contributed by atoms with E-state index in [0.717, 1.165) is 25.7 Å². The number of urea groups is 2. The lowest BCUT2D eigenvalue weighted by Gasteiger charge is -2.34. The van der Waals surface area contributed by atoms with Crippen molar-refractivity contribution in [2.45, 2.75) is 31.7 Å². The zero-order valence-corrected chi connectivity index (χ0v) is 20.2. The molecule has 0 spiro atoms. The molecule has 12 heteroatoms. The third-order valence-corrected chi connectivity index (χ3v) is 7.01. The molecule has 3 saturated heterocycles. The average molecular weight is 508 g/mol. The lowest BCUT2D eigenvalue weighted by molar-refractivity contribution is -0.152. The Morgan fingerprint density at radius 1 is 1.06 bits per heavy atom. The predicted octanol–water partition coefficient (Wildman–Crippen LogP) is 1.69. The van der Waals surface area contributed by atoms with Gasteiger partial charge in [0.15, 0.2) is 0 Å². The van der Waals surface area contributed by atoms with Crippen LogP contribution in [-0.2, 0) is 16.1 Å². The Morgan fingerprint density at radius 3 is 2.46 bits per heavy atom. The number of rotatable bonds is 6. The first-order chi connectivity index (χ1) is 16.9. The number of aryl methyl sites for hydroxylation is 1. The van der Waals surface area contributed by atoms with E-state index in [1.54, 1.807) is 0 Å². The Labute approximate surface area is 208 Å². The molecule has 2 N–H and O–H groups in total. The number of amides is 6. The highest BCUT2D eigenvalue weighted by Crippen LogP contribution is 2.26. The first-order valence-electron chi connectivity index (χ1n) is 11.9. The van der Waals surface area contributed by atoms with Gasteiger partial charge in [0.1, 0.15) is 6.04 Å². The molecule has 3 aliphatic rings. The van der Waals surface area contributed by atoms with Crippen molar-refractivity contribution in [2.75, 3.05) is 45.9 Å². The quantitative estimate of drug-likeness (QED) is 0.565. The molecular weight excluding hydrogens is 478 g/mol. The molecule has 6 amide bonds. The van der Waals surface area contributed by atoms with Crippen LogP contribution in [0, 0.1) is 5.92 Å². The molecule has 1 atom stereocenters. The summed E-state index contributed by atoms with van der Waals surface area (Å²) in [6.45, 7) is 1.26. The molecule has 1 unspecified atom stereocenters. The number of nitrogens with zero attached hydrogens (tertiary/aromatic N) is 4. The molecule has 190 valence electrons. The summed E-state index contributed by atoms with van der Waals surface area (Å²) < 4.78 is 0. The van der Waals surface area contributed by atoms with Gasteiger partial charge in [0.05, 0.1) is 13.2 Å². The molecule has 1 aromatic carbocycles. The molecule has 3 aliphatic heterocycles. The van der Waals surface area contributed by atoms with Crippen LogP contribution in [0.25, 0.3) is 0 Å². The maximum atomic E-state index is 12.8. The maximum Gasteiger partial charge on any atom is 0.434 e. The largest absolute Gasteiger partial charge is 0.434 e. The van der Waals surface area contributed by atoms with Crippen LogP contribution in [0.2, 0.25) is 5.02 Å². The lowest BCUT2D eigenvalue weighted by Crippen LogP contribution is -2.56. The summed E-state index contributed by atoms with van der Waals surface area (Å²) in [6, 6.07) is 5.79. The lowest BCUT2D eigenvalue weighted by atomic mass is 9.91. The van der Waals surface area contributed by atoms with Crippen molar-refractivity contribution in [3.05, 3.63) is 34.9 Å². The van der Waals surface area contributed by atoms with Gasteiger partial charge in [-0.05, 0) is 49.3 Å². The van der Waals surface area contributed by atoms with Crippen LogP contribution in [-0.4, -0.2) is 101 Å². The van der Waals surface area contributed by atoms with Crippen LogP contribution < -0.4 is 5.32 Å². The van der Waals surface area contributed by atoms with E-state index in [9.17, 15) is 19.2 Å². The van der Waals surface area contributed by atoms with Crippen LogP contribution in [0.15, 0.2) is 24.3 Å². The van der Waals surface area contributed by atoms with Gasteiger partial charge < -0.3 is 30.0 Å². The van der Waals surface area contributed by atoms with Crippen molar-refractivity contribution >= 4 is 35.7 Å². The van der Waals surface area contributed by atoms with E-state index in [1.165, 1.54) is 20.3 Å². The third kappa shape index (κ3) is 5.79. The number of halogens is 1. The number of carbonyl (C=O) groups is 4. The SMILES string of the molecule is O=C(NCCO)N1CCN2C(=O)N(OC(=O)N3CCC(CCc4ccc(Cl)cc4)CC3)C(=O)C2C1. The van der Waals surface area contributed by atoms with Crippen molar-refractivity contribution in [1.29, 1.82) is 0 Å². The average Bonchev–Trinajstić information content (AvgIpc) is 3.11. The van der Waals surface area contributed by atoms with E-state index in [0.29, 0.717) is 29.1 Å². The number of aliphatic hydroxyl groups excluding tert-OH is 1. The summed E-state index contributed by atoms with van der Waals surface area (Å²) in [5.41, 5.74) is 1.23. The second kappa shape index (κ2) is 11.1. The first kappa shape index (κ1) is 25.1. The number of nitrogens with one attached hydrogen (secondary N) is 1. The van der Waals surface area contributed by atoms with Crippen molar-refractivity contribution in [3.63, 3.8) is 0 Å². The number of benzene rings is 1. The number of hydrogen-bond donors (Lipinski definition) is 2. The van der Waals surface area contributed by atoms with E-state index < -0.39 is 30.1 Å². The summed E-state index contributed by atoms with van der Waals surface area (Å²) in [7, 11) is 0. The van der Waals surface area contributed by atoms with E-state index in [4.69, 9.17) is 21.5 Å². The molecule has 0 saturated carbocycles. The second-order valence-corrected chi connectivity index (χ2v) is 9.42. The standard InChI is InChI=1S/C23H30ClN5O6/c24-18-5-3-16(4-6-18)1-2-17-7-10-26(11-8-17)23(34)35-29-20(31)19-15-27(21(32)25-9-14-30)12-13-28(19)22(29)33/h3-6,17,19,30H,1-2,7-15H2,(H,25,32). The van der Waals surface area contributed by atoms with Gasteiger partial charge in [-0.15, -0.1) is 0 Å². The number of likely N-dealkylation sites (tertiary alicyclic amines) is 1. The zero-order valence-electron chi connectivity index (χ0n) is 19.4. The predicted molar refractivity (Wildman–Crippen MR) is 125 cm³/mol. The summed E-state index contributed by atoms with van der Waals surface area (Å²) >= 11 is 5.93. The van der Waals surface area contributed by atoms with Gasteiger partial charge in [0.25, 0.3) is 5.91 Å². The molecule has 3 heterocycles. The molecule has 0 aliphatic carbocycles. The highest BCUT2D eigenvalue weighted by molar-refractivity contribution is 6.30. The normalized spacial score (nSPS) is 20.8.